The Morgan fingerprint density at radius 1 is 1.04 bits per heavy atom. The molecule has 0 amide bonds. The van der Waals surface area contributed by atoms with E-state index >= 15 is 0 Å². The molecule has 4 heterocycles. The van der Waals surface area contributed by atoms with E-state index in [-0.39, 0.29) is 17.4 Å². The van der Waals surface area contributed by atoms with Crippen LogP contribution in [0.2, 0.25) is 0 Å². The van der Waals surface area contributed by atoms with Gasteiger partial charge in [0.1, 0.15) is 11.3 Å². The van der Waals surface area contributed by atoms with Crippen molar-refractivity contribution in [3.63, 3.8) is 0 Å². The molecule has 2 aliphatic rings. The summed E-state index contributed by atoms with van der Waals surface area (Å²) < 4.78 is 8.24. The van der Waals surface area contributed by atoms with Crippen molar-refractivity contribution in [2.24, 2.45) is 0 Å². The van der Waals surface area contributed by atoms with Crippen molar-refractivity contribution in [2.75, 3.05) is 20.1 Å². The summed E-state index contributed by atoms with van der Waals surface area (Å²) in [4.78, 5) is 18.3. The Bertz CT molecular complexity index is 2250. The van der Waals surface area contributed by atoms with Crippen LogP contribution in [0.25, 0.3) is 21.9 Å². The maximum atomic E-state index is 11.8. The second-order valence-corrected chi connectivity index (χ2v) is 16.8. The highest BCUT2D eigenvalue weighted by Crippen LogP contribution is 2.40. The van der Waals surface area contributed by atoms with Gasteiger partial charge in [0.25, 0.3) is 0 Å². The van der Waals surface area contributed by atoms with E-state index in [0.717, 1.165) is 75.5 Å². The molecule has 14 heteroatoms. The highest BCUT2D eigenvalue weighted by Gasteiger charge is 2.44. The topological polar surface area (TPSA) is 169 Å². The lowest BCUT2D eigenvalue weighted by atomic mass is 9.91. The molecule has 12 nitrogen and oxygen atoms in total. The molecule has 1 unspecified atom stereocenters. The van der Waals surface area contributed by atoms with E-state index in [1.54, 1.807) is 12.1 Å². The second-order valence-electron chi connectivity index (χ2n) is 14.9. The summed E-state index contributed by atoms with van der Waals surface area (Å²) >= 11 is 2.83. The van der Waals surface area contributed by atoms with Crippen molar-refractivity contribution in [1.82, 2.24) is 30.2 Å². The fourth-order valence-electron chi connectivity index (χ4n) is 8.57. The summed E-state index contributed by atoms with van der Waals surface area (Å²) in [6, 6.07) is 16.2. The lowest BCUT2D eigenvalue weighted by molar-refractivity contribution is -0.225. The quantitative estimate of drug-likeness (QED) is 0.0751. The van der Waals surface area contributed by atoms with Crippen molar-refractivity contribution in [3.8, 4) is 5.75 Å². The Morgan fingerprint density at radius 3 is 2.51 bits per heavy atom. The lowest BCUT2D eigenvalue weighted by Crippen LogP contribution is -2.45. The highest BCUT2D eigenvalue weighted by atomic mass is 32.1. The summed E-state index contributed by atoms with van der Waals surface area (Å²) in [5, 5.41) is 61.2. The first kappa shape index (κ1) is 37.9. The molecule has 0 bridgehead atoms. The van der Waals surface area contributed by atoms with Crippen LogP contribution in [0.15, 0.2) is 70.2 Å². The van der Waals surface area contributed by atoms with Gasteiger partial charge in [-0.15, -0.1) is 27.8 Å². The predicted molar refractivity (Wildman–Crippen MR) is 214 cm³/mol. The van der Waals surface area contributed by atoms with E-state index in [9.17, 15) is 25.2 Å². The summed E-state index contributed by atoms with van der Waals surface area (Å²) in [5.41, 5.74) is 4.93. The Kier molecular flexibility index (Phi) is 11.2. The molecule has 1 fully saturated rings. The number of nitrogens with zero attached hydrogens (tertiary/aromatic N) is 4. The number of hydrogen-bond acceptors (Lipinski definition) is 12. The van der Waals surface area contributed by atoms with E-state index in [4.69, 9.17) is 4.74 Å². The van der Waals surface area contributed by atoms with E-state index in [2.05, 4.69) is 43.3 Å². The Labute approximate surface area is 327 Å². The largest absolute Gasteiger partial charge is 0.506 e. The number of aromatic amines is 1. The van der Waals surface area contributed by atoms with Gasteiger partial charge in [-0.05, 0) is 128 Å². The molecule has 0 radical (unpaired) electrons. The van der Waals surface area contributed by atoms with Crippen LogP contribution in [-0.2, 0) is 36.3 Å². The van der Waals surface area contributed by atoms with Crippen LogP contribution in [0, 0.1) is 0 Å². The molecule has 290 valence electrons. The molecule has 0 aliphatic heterocycles. The van der Waals surface area contributed by atoms with Crippen LogP contribution in [-0.4, -0.2) is 83.9 Å². The monoisotopic (exact) mass is 784 g/mol. The minimum Gasteiger partial charge on any atom is -0.506 e. The number of phenols is 1. The molecular formula is C41H48N6O6S2. The summed E-state index contributed by atoms with van der Waals surface area (Å²) in [6.07, 6.45) is 5.28. The third kappa shape index (κ3) is 7.62. The van der Waals surface area contributed by atoms with Crippen molar-refractivity contribution >= 4 is 44.6 Å². The third-order valence-electron chi connectivity index (χ3n) is 11.5. The van der Waals surface area contributed by atoms with Gasteiger partial charge in [0, 0.05) is 46.9 Å². The van der Waals surface area contributed by atoms with Crippen molar-refractivity contribution in [2.45, 2.75) is 94.6 Å². The maximum absolute atomic E-state index is 11.8. The van der Waals surface area contributed by atoms with Gasteiger partial charge in [0.2, 0.25) is 5.56 Å². The standard InChI is InChI=1S/C41H48N6O6S2/c1-46(26-10-12-27(13-11-26)53-40(51)41(52,35-8-3-20-54-35)36-9-4-21-55-36)18-5-19-47-39-31-7-2-6-28(31)25(22-32(39)44-45-47)23-42-24-34(49)29-14-16-33(48)38-30(29)15-17-37(50)43-38/h3-4,8-9,14-17,20-22,26-27,34,40,42,48-49,51-52H,2,5-7,10-13,18-19,23-24H2,1H3,(H,43,50)/t26-,27-,34-,40?/m0/s1. The molecule has 6 N–H and O–H groups in total. The van der Waals surface area contributed by atoms with Crippen LogP contribution in [0.1, 0.15) is 76.6 Å². The summed E-state index contributed by atoms with van der Waals surface area (Å²) in [7, 11) is 2.19. The number of aromatic hydroxyl groups is 1. The van der Waals surface area contributed by atoms with Crippen LogP contribution in [0.4, 0.5) is 0 Å². The van der Waals surface area contributed by atoms with Crippen molar-refractivity contribution < 1.29 is 25.2 Å². The molecule has 2 aromatic carbocycles. The number of aliphatic hydroxyl groups is 3. The lowest BCUT2D eigenvalue weighted by Gasteiger charge is -2.38. The predicted octanol–water partition coefficient (Wildman–Crippen LogP) is 5.32. The number of benzene rings is 2. The Hall–Kier alpha value is -3.99. The normalized spacial score (nSPS) is 18.7. The molecule has 55 heavy (non-hydrogen) atoms. The first-order chi connectivity index (χ1) is 26.7. The van der Waals surface area contributed by atoms with Gasteiger partial charge in [-0.2, -0.15) is 0 Å². The molecule has 0 spiro atoms. The van der Waals surface area contributed by atoms with Crippen LogP contribution < -0.4 is 10.9 Å². The van der Waals surface area contributed by atoms with E-state index in [0.29, 0.717) is 45.4 Å². The van der Waals surface area contributed by atoms with E-state index in [1.807, 2.05) is 35.0 Å². The first-order valence-corrected chi connectivity index (χ1v) is 20.9. The number of aromatic nitrogens is 4. The third-order valence-corrected chi connectivity index (χ3v) is 13.5. The minimum atomic E-state index is -1.58. The molecule has 4 aromatic heterocycles. The van der Waals surface area contributed by atoms with Gasteiger partial charge in [0.15, 0.2) is 11.9 Å². The van der Waals surface area contributed by atoms with E-state index < -0.39 is 18.0 Å². The average Bonchev–Trinajstić information content (AvgIpc) is 4.03. The number of aryl methyl sites for hydroxylation is 2. The van der Waals surface area contributed by atoms with Gasteiger partial charge >= 0.3 is 0 Å². The van der Waals surface area contributed by atoms with Crippen LogP contribution in [0.5, 0.6) is 5.75 Å². The average molecular weight is 785 g/mol. The fourth-order valence-corrected chi connectivity index (χ4v) is 10.3. The van der Waals surface area contributed by atoms with Gasteiger partial charge in [-0.25, -0.2) is 4.68 Å². The van der Waals surface area contributed by atoms with Crippen LogP contribution >= 0.6 is 22.7 Å². The Morgan fingerprint density at radius 2 is 1.78 bits per heavy atom. The smallest absolute Gasteiger partial charge is 0.248 e. The number of thiophene rings is 2. The highest BCUT2D eigenvalue weighted by molar-refractivity contribution is 7.11. The van der Waals surface area contributed by atoms with Gasteiger partial charge in [-0.3, -0.25) is 4.79 Å². The molecule has 8 rings (SSSR count). The molecule has 6 aromatic rings. The molecule has 0 saturated heterocycles. The minimum absolute atomic E-state index is 0.0293. The zero-order valence-electron chi connectivity index (χ0n) is 30.9. The number of rotatable bonds is 15. The number of hydrogen-bond donors (Lipinski definition) is 6. The van der Waals surface area contributed by atoms with Crippen molar-refractivity contribution in [1.29, 1.82) is 0 Å². The number of nitrogens with one attached hydrogen (secondary N) is 2. The number of phenolic OH excluding ortho intramolecular Hbond substituents is 1. The number of ether oxygens (including phenoxy) is 1. The number of pyridine rings is 1. The zero-order chi connectivity index (χ0) is 38.1. The number of H-pyrrole nitrogens is 1. The summed E-state index contributed by atoms with van der Waals surface area (Å²) in [6.45, 7) is 2.58. The molecule has 2 atom stereocenters. The van der Waals surface area contributed by atoms with Crippen molar-refractivity contribution in [3.05, 3.63) is 108 Å². The van der Waals surface area contributed by atoms with Gasteiger partial charge < -0.3 is 40.4 Å². The number of fused-ring (bicyclic) bond motifs is 4. The zero-order valence-corrected chi connectivity index (χ0v) is 32.5. The SMILES string of the molecule is CN(CCCn1nnc2cc(CNC[C@H](O)c3ccc(O)c4[nH]c(=O)ccc34)c3c(c21)CCC3)[C@H]1CC[C@H](OC(O)C(O)(c2cccs2)c2cccs2)CC1. The maximum Gasteiger partial charge on any atom is 0.248 e. The van der Waals surface area contributed by atoms with E-state index in [1.165, 1.54) is 51.5 Å². The molecule has 2 aliphatic carbocycles. The first-order valence-electron chi connectivity index (χ1n) is 19.1. The molecule has 1 saturated carbocycles. The summed E-state index contributed by atoms with van der Waals surface area (Å²) in [5.74, 6) is -0.0293. The van der Waals surface area contributed by atoms with Gasteiger partial charge in [0.05, 0.1) is 23.2 Å². The van der Waals surface area contributed by atoms with Gasteiger partial charge in [-0.1, -0.05) is 23.4 Å². The number of aliphatic hydroxyl groups excluding tert-OH is 2. The Balaban J connectivity index is 0.841. The fraction of sp³-hybridized carbons (Fsp3) is 0.439. The second kappa shape index (κ2) is 16.2. The van der Waals surface area contributed by atoms with Crippen LogP contribution in [0.3, 0.4) is 0 Å². The molecular weight excluding hydrogens is 737 g/mol.